The Labute approximate surface area is 172 Å². The first-order chi connectivity index (χ1) is 14.0. The first-order valence-corrected chi connectivity index (χ1v) is 11.3. The minimum Gasteiger partial charge on any atom is -0.378 e. The summed E-state index contributed by atoms with van der Waals surface area (Å²) < 4.78 is 7.94. The van der Waals surface area contributed by atoms with Gasteiger partial charge < -0.3 is 9.64 Å². The summed E-state index contributed by atoms with van der Waals surface area (Å²) in [6.45, 7) is 2.07. The summed E-state index contributed by atoms with van der Waals surface area (Å²) in [6.07, 6.45) is 8.01. The number of nitrogens with zero attached hydrogens (tertiary/aromatic N) is 3. The van der Waals surface area contributed by atoms with Gasteiger partial charge in [-0.2, -0.15) is 5.10 Å². The number of rotatable bonds is 4. The Morgan fingerprint density at radius 1 is 1.21 bits per heavy atom. The van der Waals surface area contributed by atoms with E-state index in [9.17, 15) is 4.79 Å². The maximum Gasteiger partial charge on any atom is 0.232 e. The molecule has 29 heavy (non-hydrogen) atoms. The van der Waals surface area contributed by atoms with E-state index in [4.69, 9.17) is 9.84 Å². The number of fused-ring (bicyclic) bond motifs is 1. The Balaban J connectivity index is 1.36. The molecule has 3 saturated carbocycles. The van der Waals surface area contributed by atoms with Crippen LogP contribution in [0.2, 0.25) is 0 Å². The van der Waals surface area contributed by atoms with Crippen molar-refractivity contribution in [2.45, 2.75) is 81.4 Å². The van der Waals surface area contributed by atoms with Gasteiger partial charge in [-0.05, 0) is 75.3 Å². The highest BCUT2D eigenvalue weighted by Gasteiger charge is 2.56. The van der Waals surface area contributed by atoms with Gasteiger partial charge in [0.1, 0.15) is 0 Å². The van der Waals surface area contributed by atoms with Crippen molar-refractivity contribution in [2.24, 2.45) is 13.0 Å². The predicted molar refractivity (Wildman–Crippen MR) is 112 cm³/mol. The molecule has 2 aromatic rings. The van der Waals surface area contributed by atoms with Crippen LogP contribution in [-0.4, -0.2) is 45.4 Å². The predicted octanol–water partition coefficient (Wildman–Crippen LogP) is 4.11. The largest absolute Gasteiger partial charge is 0.378 e. The Morgan fingerprint density at radius 3 is 2.59 bits per heavy atom. The Morgan fingerprint density at radius 2 is 1.93 bits per heavy atom. The molecule has 5 nitrogen and oxygen atoms in total. The van der Waals surface area contributed by atoms with Crippen LogP contribution in [0, 0.1) is 5.92 Å². The molecule has 3 aliphatic carbocycles. The van der Waals surface area contributed by atoms with Crippen LogP contribution < -0.4 is 0 Å². The molecule has 1 amide bonds. The van der Waals surface area contributed by atoms with Gasteiger partial charge in [-0.15, -0.1) is 0 Å². The van der Waals surface area contributed by atoms with Crippen molar-refractivity contribution in [1.82, 2.24) is 14.7 Å². The molecule has 1 aromatic carbocycles. The van der Waals surface area contributed by atoms with E-state index in [1.165, 1.54) is 30.2 Å². The molecule has 2 aliphatic heterocycles. The van der Waals surface area contributed by atoms with Gasteiger partial charge in [-0.1, -0.05) is 12.1 Å². The maximum atomic E-state index is 13.8. The smallest absolute Gasteiger partial charge is 0.232 e. The fourth-order valence-corrected chi connectivity index (χ4v) is 6.92. The normalized spacial score (nSPS) is 34.2. The van der Waals surface area contributed by atoms with E-state index in [2.05, 4.69) is 30.0 Å². The first kappa shape index (κ1) is 17.9. The zero-order valence-corrected chi connectivity index (χ0v) is 17.7. The summed E-state index contributed by atoms with van der Waals surface area (Å²) in [5, 5.41) is 6.10. The van der Waals surface area contributed by atoms with Crippen LogP contribution in [0.25, 0.3) is 10.9 Å². The molecule has 7 rings (SSSR count). The van der Waals surface area contributed by atoms with Gasteiger partial charge in [0.05, 0.1) is 22.7 Å². The average Bonchev–Trinajstić information content (AvgIpc) is 3.50. The lowest BCUT2D eigenvalue weighted by Crippen LogP contribution is -2.66. The quantitative estimate of drug-likeness (QED) is 0.785. The molecule has 154 valence electrons. The van der Waals surface area contributed by atoms with Crippen LogP contribution in [-0.2, 0) is 16.6 Å². The number of aromatic nitrogens is 2. The monoisotopic (exact) mass is 393 g/mol. The molecular formula is C24H31N3O2. The number of ether oxygens (including phenoxy) is 1. The number of aryl methyl sites for hydroxylation is 1. The number of piperidine rings is 2. The summed E-state index contributed by atoms with van der Waals surface area (Å²) in [4.78, 5) is 16.1. The van der Waals surface area contributed by atoms with Crippen molar-refractivity contribution in [3.8, 4) is 0 Å². The van der Waals surface area contributed by atoms with Crippen LogP contribution >= 0.6 is 0 Å². The SMILES string of the molecule is COC12CC3CC(C1)N(C(=O)C(C)c1nn(C)c4cccc(C5CC5)c14)C(C3)C2. The van der Waals surface area contributed by atoms with Crippen molar-refractivity contribution in [2.75, 3.05) is 7.11 Å². The lowest BCUT2D eigenvalue weighted by molar-refractivity contribution is -0.184. The van der Waals surface area contributed by atoms with Crippen molar-refractivity contribution < 1.29 is 9.53 Å². The Bertz CT molecular complexity index is 975. The topological polar surface area (TPSA) is 47.4 Å². The van der Waals surface area contributed by atoms with E-state index >= 15 is 0 Å². The highest BCUT2D eigenvalue weighted by molar-refractivity contribution is 5.93. The van der Waals surface area contributed by atoms with E-state index in [0.29, 0.717) is 18.0 Å². The highest BCUT2D eigenvalue weighted by atomic mass is 16.5. The highest BCUT2D eigenvalue weighted by Crippen LogP contribution is 2.53. The summed E-state index contributed by atoms with van der Waals surface area (Å²) in [6, 6.07) is 7.20. The van der Waals surface area contributed by atoms with Gasteiger partial charge in [0.2, 0.25) is 5.91 Å². The molecule has 2 saturated heterocycles. The second-order valence-electron chi connectivity index (χ2n) is 10.1. The number of benzene rings is 1. The fourth-order valence-electron chi connectivity index (χ4n) is 6.92. The molecule has 5 heteroatoms. The van der Waals surface area contributed by atoms with Gasteiger partial charge in [0.25, 0.3) is 0 Å². The summed E-state index contributed by atoms with van der Waals surface area (Å²) in [5.74, 6) is 1.45. The number of carbonyl (C=O) groups excluding carboxylic acids is 1. The molecule has 3 atom stereocenters. The molecule has 0 radical (unpaired) electrons. The zero-order valence-electron chi connectivity index (χ0n) is 17.7. The molecule has 0 N–H and O–H groups in total. The molecule has 3 unspecified atom stereocenters. The van der Waals surface area contributed by atoms with Crippen molar-refractivity contribution >= 4 is 16.8 Å². The average molecular weight is 394 g/mol. The van der Waals surface area contributed by atoms with Gasteiger partial charge in [-0.25, -0.2) is 0 Å². The molecule has 1 aromatic heterocycles. The number of methoxy groups -OCH3 is 1. The molecule has 3 heterocycles. The third kappa shape index (κ3) is 2.56. The second-order valence-corrected chi connectivity index (χ2v) is 10.1. The molecule has 0 spiro atoms. The van der Waals surface area contributed by atoms with E-state index in [-0.39, 0.29) is 17.4 Å². The summed E-state index contributed by atoms with van der Waals surface area (Å²) >= 11 is 0. The van der Waals surface area contributed by atoms with Crippen LogP contribution in [0.5, 0.6) is 0 Å². The number of amides is 1. The summed E-state index contributed by atoms with van der Waals surface area (Å²) in [5.41, 5.74) is 3.55. The fraction of sp³-hybridized carbons (Fsp3) is 0.667. The zero-order chi connectivity index (χ0) is 19.9. The second kappa shape index (κ2) is 6.07. The maximum absolute atomic E-state index is 13.8. The minimum absolute atomic E-state index is 0.0212. The van der Waals surface area contributed by atoms with E-state index in [0.717, 1.165) is 42.8 Å². The van der Waals surface area contributed by atoms with E-state index in [1.807, 2.05) is 18.8 Å². The third-order valence-electron chi connectivity index (χ3n) is 8.30. The van der Waals surface area contributed by atoms with Gasteiger partial charge in [0.15, 0.2) is 0 Å². The van der Waals surface area contributed by atoms with Crippen molar-refractivity contribution in [1.29, 1.82) is 0 Å². The number of hydrogen-bond acceptors (Lipinski definition) is 3. The van der Waals surface area contributed by atoms with Gasteiger partial charge in [-0.3, -0.25) is 9.48 Å². The first-order valence-electron chi connectivity index (χ1n) is 11.3. The number of hydrogen-bond donors (Lipinski definition) is 0. The minimum atomic E-state index is -0.199. The lowest BCUT2D eigenvalue weighted by Gasteiger charge is -2.61. The van der Waals surface area contributed by atoms with Crippen LogP contribution in [0.4, 0.5) is 0 Å². The number of carbonyl (C=O) groups is 1. The third-order valence-corrected chi connectivity index (χ3v) is 8.30. The molecule has 4 bridgehead atoms. The van der Waals surface area contributed by atoms with Crippen molar-refractivity contribution in [3.63, 3.8) is 0 Å². The van der Waals surface area contributed by atoms with E-state index in [1.54, 1.807) is 0 Å². The van der Waals surface area contributed by atoms with Crippen molar-refractivity contribution in [3.05, 3.63) is 29.5 Å². The van der Waals surface area contributed by atoms with Crippen LogP contribution in [0.1, 0.15) is 75.0 Å². The van der Waals surface area contributed by atoms with E-state index < -0.39 is 0 Å². The molecule has 5 fully saturated rings. The molecule has 5 aliphatic rings. The van der Waals surface area contributed by atoms with Crippen LogP contribution in [0.15, 0.2) is 18.2 Å². The van der Waals surface area contributed by atoms with Gasteiger partial charge >= 0.3 is 0 Å². The Kier molecular flexibility index (Phi) is 3.75. The molecular weight excluding hydrogens is 362 g/mol. The summed E-state index contributed by atoms with van der Waals surface area (Å²) in [7, 11) is 3.87. The van der Waals surface area contributed by atoms with Crippen LogP contribution in [0.3, 0.4) is 0 Å². The standard InChI is InChI=1S/C24H31N3O2/c1-14(22-21-19(16-7-8-16)5-4-6-20(21)26(2)25-22)23(28)27-17-9-15-10-18(27)13-24(11-15,12-17)29-3/h4-6,14-18H,7-13H2,1-3H3. The lowest BCUT2D eigenvalue weighted by atomic mass is 9.61. The Hall–Kier alpha value is -1.88. The van der Waals surface area contributed by atoms with Gasteiger partial charge in [0, 0.05) is 31.6 Å².